The van der Waals surface area contributed by atoms with E-state index in [1.54, 1.807) is 12.3 Å². The second-order valence-corrected chi connectivity index (χ2v) is 7.58. The predicted molar refractivity (Wildman–Crippen MR) is 110 cm³/mol. The van der Waals surface area contributed by atoms with E-state index in [4.69, 9.17) is 9.84 Å². The number of aliphatic hydroxyl groups excluding tert-OH is 1. The number of aromatic nitrogens is 1. The van der Waals surface area contributed by atoms with Gasteiger partial charge in [0.15, 0.2) is 0 Å². The van der Waals surface area contributed by atoms with Crippen molar-refractivity contribution in [1.29, 1.82) is 0 Å². The molecular formula is C22H20N2O3S. The van der Waals surface area contributed by atoms with E-state index >= 15 is 0 Å². The first kappa shape index (κ1) is 18.4. The fourth-order valence-electron chi connectivity index (χ4n) is 3.42. The van der Waals surface area contributed by atoms with Gasteiger partial charge in [0.2, 0.25) is 0 Å². The molecule has 0 saturated carbocycles. The second kappa shape index (κ2) is 8.37. The summed E-state index contributed by atoms with van der Waals surface area (Å²) < 4.78 is 5.48. The van der Waals surface area contributed by atoms with E-state index in [2.05, 4.69) is 34.6 Å². The summed E-state index contributed by atoms with van der Waals surface area (Å²) in [6.45, 7) is 0.643. The average molecular weight is 392 g/mol. The first-order valence-corrected chi connectivity index (χ1v) is 9.89. The fourth-order valence-corrected chi connectivity index (χ4v) is 4.13. The van der Waals surface area contributed by atoms with Crippen LogP contribution in [0.1, 0.15) is 26.9 Å². The molecule has 1 aliphatic carbocycles. The van der Waals surface area contributed by atoms with Gasteiger partial charge in [0.25, 0.3) is 0 Å². The van der Waals surface area contributed by atoms with Crippen molar-refractivity contribution in [3.63, 3.8) is 0 Å². The normalized spacial score (nSPS) is 12.8. The van der Waals surface area contributed by atoms with Gasteiger partial charge in [-0.3, -0.25) is 0 Å². The zero-order valence-electron chi connectivity index (χ0n) is 15.2. The molecule has 0 unspecified atom stereocenters. The lowest BCUT2D eigenvalue weighted by Crippen LogP contribution is -2.26. The average Bonchev–Trinajstić information content (AvgIpc) is 3.32. The molecule has 1 amide bonds. The van der Waals surface area contributed by atoms with Crippen LogP contribution in [0.15, 0.2) is 60.8 Å². The van der Waals surface area contributed by atoms with Crippen molar-refractivity contribution in [2.75, 3.05) is 13.2 Å². The number of benzene rings is 2. The lowest BCUT2D eigenvalue weighted by molar-refractivity contribution is 0.144. The standard InChI is InChI=1S/C22H20N2O3S/c25-13-15-12-24-21(28-15)10-5-11-23-22(26)27-14-20-18-8-3-1-6-16(18)17-7-2-4-9-19(17)20/h1-10,12,20,25H,11,13-14H2,(H,23,26). The summed E-state index contributed by atoms with van der Waals surface area (Å²) in [6, 6.07) is 16.5. The summed E-state index contributed by atoms with van der Waals surface area (Å²) in [5.41, 5.74) is 4.81. The third-order valence-electron chi connectivity index (χ3n) is 4.70. The number of ether oxygens (including phenoxy) is 1. The largest absolute Gasteiger partial charge is 0.449 e. The van der Waals surface area contributed by atoms with Gasteiger partial charge in [0.1, 0.15) is 11.6 Å². The summed E-state index contributed by atoms with van der Waals surface area (Å²) in [4.78, 5) is 17.0. The van der Waals surface area contributed by atoms with Crippen LogP contribution in [0.3, 0.4) is 0 Å². The fraction of sp³-hybridized carbons (Fsp3) is 0.182. The molecule has 4 rings (SSSR count). The molecule has 0 spiro atoms. The highest BCUT2D eigenvalue weighted by Gasteiger charge is 2.28. The molecule has 3 aromatic rings. The number of alkyl carbamates (subject to hydrolysis) is 1. The van der Waals surface area contributed by atoms with Gasteiger partial charge in [0.05, 0.1) is 11.5 Å². The number of amides is 1. The predicted octanol–water partition coefficient (Wildman–Crippen LogP) is 4.19. The van der Waals surface area contributed by atoms with Crippen molar-refractivity contribution >= 4 is 23.5 Å². The van der Waals surface area contributed by atoms with Gasteiger partial charge in [-0.1, -0.05) is 54.6 Å². The quantitative estimate of drug-likeness (QED) is 0.660. The molecule has 1 heterocycles. The summed E-state index contributed by atoms with van der Waals surface area (Å²) in [6.07, 6.45) is 4.82. The van der Waals surface area contributed by atoms with Crippen LogP contribution in [0.2, 0.25) is 0 Å². The van der Waals surface area contributed by atoms with Crippen LogP contribution in [0.4, 0.5) is 4.79 Å². The van der Waals surface area contributed by atoms with Crippen LogP contribution in [-0.2, 0) is 11.3 Å². The monoisotopic (exact) mass is 392 g/mol. The molecule has 0 saturated heterocycles. The lowest BCUT2D eigenvalue weighted by Gasteiger charge is -2.14. The Balaban J connectivity index is 1.32. The maximum absolute atomic E-state index is 12.1. The minimum absolute atomic E-state index is 0.0104. The minimum atomic E-state index is -0.443. The Morgan fingerprint density at radius 2 is 1.82 bits per heavy atom. The van der Waals surface area contributed by atoms with Crippen LogP contribution in [-0.4, -0.2) is 29.3 Å². The number of carbonyl (C=O) groups is 1. The number of thiazole rings is 1. The van der Waals surface area contributed by atoms with Gasteiger partial charge < -0.3 is 15.2 Å². The van der Waals surface area contributed by atoms with E-state index in [1.807, 2.05) is 30.3 Å². The van der Waals surface area contributed by atoms with Crippen molar-refractivity contribution in [2.24, 2.45) is 0 Å². The topological polar surface area (TPSA) is 71.5 Å². The zero-order chi connectivity index (χ0) is 19.3. The van der Waals surface area contributed by atoms with Gasteiger partial charge in [-0.2, -0.15) is 0 Å². The van der Waals surface area contributed by atoms with Crippen molar-refractivity contribution in [1.82, 2.24) is 10.3 Å². The highest BCUT2D eigenvalue weighted by Crippen LogP contribution is 2.44. The van der Waals surface area contributed by atoms with Gasteiger partial charge in [-0.25, -0.2) is 9.78 Å². The first-order valence-electron chi connectivity index (χ1n) is 9.07. The molecule has 28 heavy (non-hydrogen) atoms. The smallest absolute Gasteiger partial charge is 0.407 e. The van der Waals surface area contributed by atoms with Crippen molar-refractivity contribution in [3.05, 3.63) is 81.8 Å². The zero-order valence-corrected chi connectivity index (χ0v) is 16.0. The third-order valence-corrected chi connectivity index (χ3v) is 5.64. The van der Waals surface area contributed by atoms with Gasteiger partial charge in [-0.15, -0.1) is 11.3 Å². The number of nitrogens with one attached hydrogen (secondary N) is 1. The molecule has 0 radical (unpaired) electrons. The Morgan fingerprint density at radius 3 is 2.46 bits per heavy atom. The number of fused-ring (bicyclic) bond motifs is 3. The van der Waals surface area contributed by atoms with E-state index in [9.17, 15) is 4.79 Å². The first-order chi connectivity index (χ1) is 13.8. The minimum Gasteiger partial charge on any atom is -0.449 e. The molecule has 0 fully saturated rings. The summed E-state index contributed by atoms with van der Waals surface area (Å²) in [5.74, 6) is 0.0564. The van der Waals surface area contributed by atoms with Crippen LogP contribution in [0, 0.1) is 0 Å². The molecule has 1 aliphatic rings. The van der Waals surface area contributed by atoms with Crippen molar-refractivity contribution < 1.29 is 14.6 Å². The number of hydrogen-bond acceptors (Lipinski definition) is 5. The Bertz CT molecular complexity index is 967. The number of hydrogen-bond donors (Lipinski definition) is 2. The van der Waals surface area contributed by atoms with Crippen LogP contribution in [0.25, 0.3) is 17.2 Å². The SMILES string of the molecule is O=C(NCC=Cc1ncc(CO)s1)OCC1c2ccccc2-c2ccccc21. The molecule has 5 nitrogen and oxygen atoms in total. The Labute approximate surface area is 167 Å². The number of aliphatic hydroxyl groups is 1. The molecule has 142 valence electrons. The Morgan fingerprint density at radius 1 is 1.14 bits per heavy atom. The number of nitrogens with zero attached hydrogens (tertiary/aromatic N) is 1. The summed E-state index contributed by atoms with van der Waals surface area (Å²) in [5, 5.41) is 12.6. The maximum Gasteiger partial charge on any atom is 0.407 e. The van der Waals surface area contributed by atoms with E-state index in [-0.39, 0.29) is 12.5 Å². The van der Waals surface area contributed by atoms with Gasteiger partial charge >= 0.3 is 6.09 Å². The highest BCUT2D eigenvalue weighted by atomic mass is 32.1. The summed E-state index contributed by atoms with van der Waals surface area (Å²) in [7, 11) is 0. The molecular weight excluding hydrogens is 372 g/mol. The maximum atomic E-state index is 12.1. The molecule has 2 aromatic carbocycles. The molecule has 2 N–H and O–H groups in total. The van der Waals surface area contributed by atoms with E-state index in [0.29, 0.717) is 13.2 Å². The van der Waals surface area contributed by atoms with Crippen molar-refractivity contribution in [2.45, 2.75) is 12.5 Å². The number of carbonyl (C=O) groups excluding carboxylic acids is 1. The molecule has 0 bridgehead atoms. The van der Waals surface area contributed by atoms with Gasteiger partial charge in [0, 0.05) is 18.7 Å². The lowest BCUT2D eigenvalue weighted by atomic mass is 9.98. The van der Waals surface area contributed by atoms with E-state index in [0.717, 1.165) is 9.88 Å². The van der Waals surface area contributed by atoms with Gasteiger partial charge in [-0.05, 0) is 28.3 Å². The third kappa shape index (κ3) is 3.83. The Kier molecular flexibility index (Phi) is 5.50. The Hall–Kier alpha value is -2.96. The second-order valence-electron chi connectivity index (χ2n) is 6.43. The van der Waals surface area contributed by atoms with Crippen LogP contribution >= 0.6 is 11.3 Å². The van der Waals surface area contributed by atoms with Crippen molar-refractivity contribution in [3.8, 4) is 11.1 Å². The molecule has 6 heteroatoms. The number of rotatable bonds is 6. The molecule has 1 aromatic heterocycles. The molecule has 0 aliphatic heterocycles. The summed E-state index contributed by atoms with van der Waals surface area (Å²) >= 11 is 1.41. The highest BCUT2D eigenvalue weighted by molar-refractivity contribution is 7.12. The van der Waals surface area contributed by atoms with Crippen LogP contribution < -0.4 is 5.32 Å². The van der Waals surface area contributed by atoms with E-state index < -0.39 is 6.09 Å². The van der Waals surface area contributed by atoms with E-state index in [1.165, 1.54) is 33.6 Å². The van der Waals surface area contributed by atoms with Crippen LogP contribution in [0.5, 0.6) is 0 Å². The molecule has 0 atom stereocenters.